The molecule has 2 unspecified atom stereocenters. The molecule has 0 aromatic heterocycles. The summed E-state index contributed by atoms with van der Waals surface area (Å²) >= 11 is 0. The Morgan fingerprint density at radius 3 is 3.00 bits per heavy atom. The van der Waals surface area contributed by atoms with Crippen LogP contribution in [0, 0.1) is 6.92 Å². The van der Waals surface area contributed by atoms with Crippen LogP contribution >= 0.6 is 0 Å². The molecule has 1 heterocycles. The Morgan fingerprint density at radius 2 is 2.35 bits per heavy atom. The van der Waals surface area contributed by atoms with Gasteiger partial charge in [-0.2, -0.15) is 0 Å². The van der Waals surface area contributed by atoms with E-state index in [0.29, 0.717) is 17.1 Å². The zero-order chi connectivity index (χ0) is 14.5. The fourth-order valence-electron chi connectivity index (χ4n) is 2.17. The SMILES string of the molecule is Cc1ccc(NC(=O)CS(=O)CC2CCCO2)c(N)c1. The maximum absolute atomic E-state index is 11.9. The van der Waals surface area contributed by atoms with Crippen LogP contribution in [0.15, 0.2) is 18.2 Å². The molecule has 0 bridgehead atoms. The number of carbonyl (C=O) groups is 1. The molecule has 0 spiro atoms. The lowest BCUT2D eigenvalue weighted by Gasteiger charge is -2.10. The van der Waals surface area contributed by atoms with Crippen molar-refractivity contribution in [2.45, 2.75) is 25.9 Å². The van der Waals surface area contributed by atoms with Gasteiger partial charge in [-0.25, -0.2) is 0 Å². The van der Waals surface area contributed by atoms with Gasteiger partial charge in [-0.3, -0.25) is 9.00 Å². The van der Waals surface area contributed by atoms with E-state index < -0.39 is 10.8 Å². The van der Waals surface area contributed by atoms with Crippen molar-refractivity contribution in [1.29, 1.82) is 0 Å². The van der Waals surface area contributed by atoms with Crippen molar-refractivity contribution in [3.8, 4) is 0 Å². The van der Waals surface area contributed by atoms with Crippen molar-refractivity contribution in [1.82, 2.24) is 0 Å². The number of carbonyl (C=O) groups excluding carboxylic acids is 1. The van der Waals surface area contributed by atoms with Crippen LogP contribution < -0.4 is 11.1 Å². The van der Waals surface area contributed by atoms with Crippen LogP contribution in [0.2, 0.25) is 0 Å². The summed E-state index contributed by atoms with van der Waals surface area (Å²) in [6, 6.07) is 5.42. The first-order valence-corrected chi connectivity index (χ1v) is 8.16. The van der Waals surface area contributed by atoms with E-state index in [1.54, 1.807) is 12.1 Å². The van der Waals surface area contributed by atoms with E-state index in [9.17, 15) is 9.00 Å². The van der Waals surface area contributed by atoms with E-state index in [2.05, 4.69) is 5.32 Å². The Morgan fingerprint density at radius 1 is 1.55 bits per heavy atom. The Bertz CT molecular complexity index is 513. The lowest BCUT2D eigenvalue weighted by Crippen LogP contribution is -2.25. The number of nitrogens with two attached hydrogens (primary N) is 1. The largest absolute Gasteiger partial charge is 0.397 e. The van der Waals surface area contributed by atoms with Crippen LogP contribution in [0.25, 0.3) is 0 Å². The molecule has 0 aliphatic carbocycles. The number of ether oxygens (including phenoxy) is 1. The summed E-state index contributed by atoms with van der Waals surface area (Å²) in [6.45, 7) is 2.66. The molecule has 2 atom stereocenters. The number of nitrogen functional groups attached to an aromatic ring is 1. The Labute approximate surface area is 121 Å². The third kappa shape index (κ3) is 4.31. The number of benzene rings is 1. The summed E-state index contributed by atoms with van der Waals surface area (Å²) in [5.74, 6) is 0.126. The number of amides is 1. The van der Waals surface area contributed by atoms with Crippen LogP contribution in [-0.2, 0) is 20.3 Å². The molecule has 0 radical (unpaired) electrons. The molecule has 1 aromatic carbocycles. The lowest BCUT2D eigenvalue weighted by atomic mass is 10.2. The number of hydrogen-bond acceptors (Lipinski definition) is 4. The first kappa shape index (κ1) is 15.0. The number of rotatable bonds is 5. The minimum absolute atomic E-state index is 0.0207. The van der Waals surface area contributed by atoms with Gasteiger partial charge in [0.2, 0.25) is 5.91 Å². The maximum atomic E-state index is 11.9. The highest BCUT2D eigenvalue weighted by atomic mass is 32.2. The fraction of sp³-hybridized carbons (Fsp3) is 0.500. The van der Waals surface area contributed by atoms with Crippen LogP contribution in [0.1, 0.15) is 18.4 Å². The molecule has 20 heavy (non-hydrogen) atoms. The topological polar surface area (TPSA) is 81.4 Å². The highest BCUT2D eigenvalue weighted by Crippen LogP contribution is 2.19. The molecule has 0 saturated carbocycles. The second kappa shape index (κ2) is 6.85. The third-order valence-corrected chi connectivity index (χ3v) is 4.50. The van der Waals surface area contributed by atoms with Gasteiger partial charge in [0.05, 0.1) is 23.2 Å². The van der Waals surface area contributed by atoms with Crippen LogP contribution in [-0.4, -0.2) is 34.3 Å². The smallest absolute Gasteiger partial charge is 0.237 e. The van der Waals surface area contributed by atoms with E-state index in [4.69, 9.17) is 10.5 Å². The van der Waals surface area contributed by atoms with Crippen LogP contribution in [0.3, 0.4) is 0 Å². The molecule has 2 rings (SSSR count). The second-order valence-electron chi connectivity index (χ2n) is 5.02. The van der Waals surface area contributed by atoms with Gasteiger partial charge in [-0.1, -0.05) is 6.07 Å². The molecule has 6 heteroatoms. The molecule has 3 N–H and O–H groups in total. The number of aryl methyl sites for hydroxylation is 1. The average Bonchev–Trinajstić information content (AvgIpc) is 2.85. The van der Waals surface area contributed by atoms with Crippen molar-refractivity contribution in [2.24, 2.45) is 0 Å². The van der Waals surface area contributed by atoms with E-state index in [1.807, 2.05) is 13.0 Å². The summed E-state index contributed by atoms with van der Waals surface area (Å²) in [4.78, 5) is 11.8. The minimum Gasteiger partial charge on any atom is -0.397 e. The highest BCUT2D eigenvalue weighted by molar-refractivity contribution is 7.85. The van der Waals surface area contributed by atoms with Gasteiger partial charge < -0.3 is 15.8 Å². The standard InChI is InChI=1S/C14H20N2O3S/c1-10-4-5-13(12(15)7-10)16-14(17)9-20(18)8-11-3-2-6-19-11/h4-5,7,11H,2-3,6,8-9,15H2,1H3,(H,16,17). The molecule has 1 aliphatic rings. The van der Waals surface area contributed by atoms with E-state index in [-0.39, 0.29) is 17.8 Å². The molecule has 1 amide bonds. The first-order valence-electron chi connectivity index (χ1n) is 6.67. The van der Waals surface area contributed by atoms with E-state index in [1.165, 1.54) is 0 Å². The zero-order valence-electron chi connectivity index (χ0n) is 11.6. The van der Waals surface area contributed by atoms with Crippen molar-refractivity contribution in [3.05, 3.63) is 23.8 Å². The molecule has 110 valence electrons. The number of nitrogens with one attached hydrogen (secondary N) is 1. The highest BCUT2D eigenvalue weighted by Gasteiger charge is 2.19. The van der Waals surface area contributed by atoms with E-state index >= 15 is 0 Å². The molecule has 1 aliphatic heterocycles. The van der Waals surface area contributed by atoms with Crippen molar-refractivity contribution < 1.29 is 13.7 Å². The maximum Gasteiger partial charge on any atom is 0.237 e. The predicted molar refractivity (Wildman–Crippen MR) is 81.1 cm³/mol. The Kier molecular flexibility index (Phi) is 5.14. The lowest BCUT2D eigenvalue weighted by molar-refractivity contribution is -0.113. The van der Waals surface area contributed by atoms with Gasteiger partial charge in [-0.05, 0) is 37.5 Å². The van der Waals surface area contributed by atoms with Gasteiger partial charge in [0.15, 0.2) is 0 Å². The Balaban J connectivity index is 1.83. The van der Waals surface area contributed by atoms with Gasteiger partial charge in [0, 0.05) is 17.4 Å². The summed E-state index contributed by atoms with van der Waals surface area (Å²) < 4.78 is 17.3. The minimum atomic E-state index is -1.20. The molecular formula is C14H20N2O3S. The van der Waals surface area contributed by atoms with Crippen molar-refractivity contribution in [3.63, 3.8) is 0 Å². The first-order chi connectivity index (χ1) is 9.54. The van der Waals surface area contributed by atoms with Crippen molar-refractivity contribution >= 4 is 28.1 Å². The molecule has 1 aromatic rings. The van der Waals surface area contributed by atoms with Gasteiger partial charge in [0.1, 0.15) is 5.75 Å². The summed E-state index contributed by atoms with van der Waals surface area (Å²) in [7, 11) is -1.20. The number of anilines is 2. The molecular weight excluding hydrogens is 276 g/mol. The summed E-state index contributed by atoms with van der Waals surface area (Å²) in [5, 5.41) is 2.70. The fourth-order valence-corrected chi connectivity index (χ4v) is 3.33. The van der Waals surface area contributed by atoms with Gasteiger partial charge >= 0.3 is 0 Å². The predicted octanol–water partition coefficient (Wildman–Crippen LogP) is 1.44. The average molecular weight is 296 g/mol. The summed E-state index contributed by atoms with van der Waals surface area (Å²) in [5.41, 5.74) is 7.93. The van der Waals surface area contributed by atoms with Gasteiger partial charge in [-0.15, -0.1) is 0 Å². The van der Waals surface area contributed by atoms with Gasteiger partial charge in [0.25, 0.3) is 0 Å². The van der Waals surface area contributed by atoms with Crippen LogP contribution in [0.4, 0.5) is 11.4 Å². The van der Waals surface area contributed by atoms with E-state index in [0.717, 1.165) is 25.0 Å². The third-order valence-electron chi connectivity index (χ3n) is 3.17. The Hall–Kier alpha value is -1.40. The van der Waals surface area contributed by atoms with Crippen LogP contribution in [0.5, 0.6) is 0 Å². The summed E-state index contributed by atoms with van der Waals surface area (Å²) in [6.07, 6.45) is 1.97. The molecule has 1 saturated heterocycles. The molecule has 1 fully saturated rings. The van der Waals surface area contributed by atoms with Crippen molar-refractivity contribution in [2.75, 3.05) is 29.2 Å². The quantitative estimate of drug-likeness (QED) is 0.806. The molecule has 5 nitrogen and oxygen atoms in total. The monoisotopic (exact) mass is 296 g/mol. The zero-order valence-corrected chi connectivity index (χ0v) is 12.4. The second-order valence-corrected chi connectivity index (χ2v) is 6.53. The number of hydrogen-bond donors (Lipinski definition) is 2. The normalized spacial score (nSPS) is 19.8.